The molecule has 0 aromatic heterocycles. The van der Waals surface area contributed by atoms with E-state index in [0.29, 0.717) is 17.0 Å². The third-order valence-corrected chi connectivity index (χ3v) is 6.73. The number of nitrogens with one attached hydrogen (secondary N) is 1. The van der Waals surface area contributed by atoms with Crippen molar-refractivity contribution in [2.24, 2.45) is 0 Å². The number of ether oxygens (including phenoxy) is 1. The zero-order chi connectivity index (χ0) is 24.4. The molecule has 0 bridgehead atoms. The topological polar surface area (TPSA) is 58.6 Å². The molecule has 8 heteroatoms. The number of carbonyl (C=O) groups excluding carboxylic acids is 2. The van der Waals surface area contributed by atoms with E-state index in [1.54, 1.807) is 24.1 Å². The van der Waals surface area contributed by atoms with Crippen LogP contribution in [-0.2, 0) is 21.9 Å². The molecule has 0 saturated carbocycles. The van der Waals surface area contributed by atoms with E-state index in [0.717, 1.165) is 17.7 Å². The SMILES string of the molecule is CCC(C)NC(=O)C(CC)N(Cc1ccc(OC)cc1)C(=O)CSCc1c(F)cccc1Cl. The lowest BCUT2D eigenvalue weighted by molar-refractivity contribution is -0.139. The first kappa shape index (κ1) is 27.0. The monoisotopic (exact) mass is 494 g/mol. The summed E-state index contributed by atoms with van der Waals surface area (Å²) in [4.78, 5) is 27.8. The lowest BCUT2D eigenvalue weighted by Crippen LogP contribution is -2.51. The Morgan fingerprint density at radius 3 is 2.42 bits per heavy atom. The molecule has 2 rings (SSSR count). The Morgan fingerprint density at radius 1 is 1.15 bits per heavy atom. The fraction of sp³-hybridized carbons (Fsp3) is 0.440. The summed E-state index contributed by atoms with van der Waals surface area (Å²) in [5.74, 6) is 0.343. The van der Waals surface area contributed by atoms with Crippen LogP contribution < -0.4 is 10.1 Å². The van der Waals surface area contributed by atoms with E-state index in [1.165, 1.54) is 17.8 Å². The van der Waals surface area contributed by atoms with E-state index in [-0.39, 0.29) is 35.9 Å². The van der Waals surface area contributed by atoms with E-state index in [9.17, 15) is 14.0 Å². The normalized spacial score (nSPS) is 12.7. The van der Waals surface area contributed by atoms with Crippen LogP contribution in [0.1, 0.15) is 44.7 Å². The van der Waals surface area contributed by atoms with Crippen LogP contribution in [0, 0.1) is 5.82 Å². The Balaban J connectivity index is 2.18. The summed E-state index contributed by atoms with van der Waals surface area (Å²) in [6, 6.07) is 11.4. The molecular weight excluding hydrogens is 463 g/mol. The molecule has 0 aliphatic heterocycles. The first-order chi connectivity index (χ1) is 15.8. The summed E-state index contributed by atoms with van der Waals surface area (Å²) in [6.45, 7) is 6.11. The molecule has 0 spiro atoms. The van der Waals surface area contributed by atoms with Crippen molar-refractivity contribution in [1.29, 1.82) is 0 Å². The van der Waals surface area contributed by atoms with Crippen molar-refractivity contribution in [3.05, 3.63) is 64.4 Å². The van der Waals surface area contributed by atoms with E-state index in [1.807, 2.05) is 45.0 Å². The standard InChI is InChI=1S/C25H32ClFN2O3S/c1-5-17(3)28-25(31)23(6-2)29(14-18-10-12-19(32-4)13-11-18)24(30)16-33-15-20-21(26)8-7-9-22(20)27/h7-13,17,23H,5-6,14-16H2,1-4H3,(H,28,31). The zero-order valence-electron chi connectivity index (χ0n) is 19.6. The zero-order valence-corrected chi connectivity index (χ0v) is 21.1. The molecule has 2 aromatic carbocycles. The highest BCUT2D eigenvalue weighted by Gasteiger charge is 2.29. The molecule has 180 valence electrons. The second-order valence-electron chi connectivity index (χ2n) is 7.80. The Hall–Kier alpha value is -2.25. The molecule has 1 N–H and O–H groups in total. The van der Waals surface area contributed by atoms with Gasteiger partial charge in [-0.25, -0.2) is 4.39 Å². The van der Waals surface area contributed by atoms with Crippen molar-refractivity contribution < 1.29 is 18.7 Å². The molecule has 0 saturated heterocycles. The van der Waals surface area contributed by atoms with E-state index < -0.39 is 11.9 Å². The maximum atomic E-state index is 14.1. The lowest BCUT2D eigenvalue weighted by Gasteiger charge is -2.31. The summed E-state index contributed by atoms with van der Waals surface area (Å²) in [5, 5.41) is 3.33. The molecule has 0 aliphatic rings. The van der Waals surface area contributed by atoms with Gasteiger partial charge in [0, 0.05) is 28.9 Å². The van der Waals surface area contributed by atoms with Crippen molar-refractivity contribution in [2.45, 2.75) is 58.0 Å². The third kappa shape index (κ3) is 7.93. The predicted molar refractivity (Wildman–Crippen MR) is 133 cm³/mol. The van der Waals surface area contributed by atoms with Crippen LogP contribution in [0.5, 0.6) is 5.75 Å². The second kappa shape index (κ2) is 13.5. The van der Waals surface area contributed by atoms with Crippen molar-refractivity contribution in [1.82, 2.24) is 10.2 Å². The Bertz CT molecular complexity index is 906. The first-order valence-electron chi connectivity index (χ1n) is 11.0. The molecule has 5 nitrogen and oxygen atoms in total. The summed E-state index contributed by atoms with van der Waals surface area (Å²) >= 11 is 7.38. The molecule has 2 amide bonds. The average Bonchev–Trinajstić information content (AvgIpc) is 2.81. The third-order valence-electron chi connectivity index (χ3n) is 5.43. The van der Waals surface area contributed by atoms with Gasteiger partial charge in [0.25, 0.3) is 0 Å². The van der Waals surface area contributed by atoms with Crippen molar-refractivity contribution in [2.75, 3.05) is 12.9 Å². The highest BCUT2D eigenvalue weighted by Crippen LogP contribution is 2.25. The fourth-order valence-electron chi connectivity index (χ4n) is 3.28. The smallest absolute Gasteiger partial charge is 0.243 e. The fourth-order valence-corrected chi connectivity index (χ4v) is 4.53. The number of hydrogen-bond acceptors (Lipinski definition) is 4. The van der Waals surface area contributed by atoms with Gasteiger partial charge in [-0.05, 0) is 49.6 Å². The van der Waals surface area contributed by atoms with Gasteiger partial charge < -0.3 is 15.0 Å². The Kier molecular flexibility index (Phi) is 11.0. The van der Waals surface area contributed by atoms with Crippen LogP contribution in [0.4, 0.5) is 4.39 Å². The number of rotatable bonds is 12. The van der Waals surface area contributed by atoms with Gasteiger partial charge in [0.05, 0.1) is 12.9 Å². The van der Waals surface area contributed by atoms with Crippen LogP contribution in [-0.4, -0.2) is 41.7 Å². The van der Waals surface area contributed by atoms with Crippen LogP contribution >= 0.6 is 23.4 Å². The van der Waals surface area contributed by atoms with E-state index >= 15 is 0 Å². The molecule has 33 heavy (non-hydrogen) atoms. The minimum atomic E-state index is -0.605. The number of benzene rings is 2. The molecule has 0 aliphatic carbocycles. The molecule has 2 aromatic rings. The number of thioether (sulfide) groups is 1. The number of methoxy groups -OCH3 is 1. The van der Waals surface area contributed by atoms with Gasteiger partial charge in [-0.15, -0.1) is 11.8 Å². The van der Waals surface area contributed by atoms with Gasteiger partial charge in [0.2, 0.25) is 11.8 Å². The first-order valence-corrected chi connectivity index (χ1v) is 12.6. The van der Waals surface area contributed by atoms with Gasteiger partial charge >= 0.3 is 0 Å². The van der Waals surface area contributed by atoms with Gasteiger partial charge in [-0.2, -0.15) is 0 Å². The van der Waals surface area contributed by atoms with Gasteiger partial charge in [0.1, 0.15) is 17.6 Å². The minimum Gasteiger partial charge on any atom is -0.497 e. The molecule has 2 unspecified atom stereocenters. The summed E-state index contributed by atoms with van der Waals surface area (Å²) < 4.78 is 19.3. The molecule has 0 heterocycles. The highest BCUT2D eigenvalue weighted by molar-refractivity contribution is 7.99. The van der Waals surface area contributed by atoms with Gasteiger partial charge in [-0.1, -0.05) is 43.6 Å². The quantitative estimate of drug-likeness (QED) is 0.426. The molecule has 0 fully saturated rings. The maximum absolute atomic E-state index is 14.1. The van der Waals surface area contributed by atoms with Crippen molar-refractivity contribution >= 4 is 35.2 Å². The molecule has 0 radical (unpaired) electrons. The number of carbonyl (C=O) groups is 2. The van der Waals surface area contributed by atoms with E-state index in [2.05, 4.69) is 5.32 Å². The largest absolute Gasteiger partial charge is 0.497 e. The number of halogens is 2. The highest BCUT2D eigenvalue weighted by atomic mass is 35.5. The summed E-state index contributed by atoms with van der Waals surface area (Å²) in [5.41, 5.74) is 1.27. The average molecular weight is 495 g/mol. The van der Waals surface area contributed by atoms with Crippen molar-refractivity contribution in [3.63, 3.8) is 0 Å². The number of nitrogens with zero attached hydrogens (tertiary/aromatic N) is 1. The van der Waals surface area contributed by atoms with Crippen LogP contribution in [0.15, 0.2) is 42.5 Å². The number of amides is 2. The second-order valence-corrected chi connectivity index (χ2v) is 9.20. The van der Waals surface area contributed by atoms with Gasteiger partial charge in [-0.3, -0.25) is 9.59 Å². The molecular formula is C25H32ClFN2O3S. The van der Waals surface area contributed by atoms with Crippen LogP contribution in [0.25, 0.3) is 0 Å². The molecule has 2 atom stereocenters. The van der Waals surface area contributed by atoms with Crippen LogP contribution in [0.3, 0.4) is 0 Å². The number of hydrogen-bond donors (Lipinski definition) is 1. The summed E-state index contributed by atoms with van der Waals surface area (Å²) in [6.07, 6.45) is 1.28. The lowest BCUT2D eigenvalue weighted by atomic mass is 10.1. The van der Waals surface area contributed by atoms with E-state index in [4.69, 9.17) is 16.3 Å². The Morgan fingerprint density at radius 2 is 1.85 bits per heavy atom. The van der Waals surface area contributed by atoms with Gasteiger partial charge in [0.15, 0.2) is 0 Å². The predicted octanol–water partition coefficient (Wildman–Crippen LogP) is 5.44. The Labute approximate surface area is 205 Å². The minimum absolute atomic E-state index is 0.0158. The van der Waals surface area contributed by atoms with Crippen LogP contribution in [0.2, 0.25) is 5.02 Å². The summed E-state index contributed by atoms with van der Waals surface area (Å²) in [7, 11) is 1.59. The maximum Gasteiger partial charge on any atom is 0.243 e. The van der Waals surface area contributed by atoms with Crippen molar-refractivity contribution in [3.8, 4) is 5.75 Å².